The summed E-state index contributed by atoms with van der Waals surface area (Å²) in [5, 5.41) is 17.5. The number of carbonyl (C=O) groups is 8. The second-order valence-corrected chi connectivity index (χ2v) is 57.9. The summed E-state index contributed by atoms with van der Waals surface area (Å²) in [6, 6.07) is 3.26. The summed E-state index contributed by atoms with van der Waals surface area (Å²) in [4.78, 5) is 148. The number of allylic oxidation sites excluding steroid dienone is 2. The number of unbranched alkanes of at least 4 members (excludes halogenated alkanes) is 3. The number of aromatic nitrogens is 9. The van der Waals surface area contributed by atoms with Crippen LogP contribution in [0.1, 0.15) is 225 Å². The van der Waals surface area contributed by atoms with E-state index in [1.807, 2.05) is 69.8 Å². The maximum Gasteiger partial charge on any atom is 0.223 e. The van der Waals surface area contributed by atoms with Crippen molar-refractivity contribution in [1.29, 1.82) is 0 Å². The third-order valence-electron chi connectivity index (χ3n) is 24.3. The number of amides is 4. The molecule has 0 radical (unpaired) electrons. The molecular formula is C89H125Cl3FN13O14S5Sn. The molecule has 692 valence electrons. The van der Waals surface area contributed by atoms with E-state index in [1.165, 1.54) is 77.2 Å². The van der Waals surface area contributed by atoms with Crippen molar-refractivity contribution in [3.05, 3.63) is 113 Å². The molecular weight excluding hydrogens is 1880 g/mol. The minimum Gasteiger partial charge on any atom is -0.255 e. The van der Waals surface area contributed by atoms with Gasteiger partial charge in [0.05, 0.1) is 54.6 Å². The molecule has 8 heterocycles. The molecule has 0 spiro atoms. The van der Waals surface area contributed by atoms with E-state index < -0.39 is 126 Å². The van der Waals surface area contributed by atoms with E-state index in [9.17, 15) is 64.7 Å². The van der Waals surface area contributed by atoms with Gasteiger partial charge >= 0.3 is 128 Å². The van der Waals surface area contributed by atoms with Gasteiger partial charge in [-0.2, -0.15) is 4.98 Å². The molecule has 6 aromatic heterocycles. The van der Waals surface area contributed by atoms with Crippen molar-refractivity contribution < 1.29 is 70.8 Å². The maximum absolute atomic E-state index is 14.4. The zero-order valence-corrected chi connectivity index (χ0v) is 82.1. The molecule has 3 N–H and O–H groups in total. The molecule has 37 heteroatoms. The summed E-state index contributed by atoms with van der Waals surface area (Å²) >= 11 is 19.1. The van der Waals surface area contributed by atoms with E-state index in [0.717, 1.165) is 36.4 Å². The Kier molecular flexibility index (Phi) is 38.5. The summed E-state index contributed by atoms with van der Waals surface area (Å²) in [5.41, 5.74) is -2.23. The molecule has 14 rings (SSSR count). The Morgan fingerprint density at radius 2 is 1.02 bits per heavy atom. The number of β-amino-alcohol motifs (C(OH)–C–C–N with tert-alkyl or cyclic N) is 1. The summed E-state index contributed by atoms with van der Waals surface area (Å²) in [5.74, 6) is -3.98. The molecule has 126 heavy (non-hydrogen) atoms. The minimum atomic E-state index is -3.83. The van der Waals surface area contributed by atoms with Gasteiger partial charge in [0.15, 0.2) is 11.6 Å². The molecule has 2 aliphatic heterocycles. The van der Waals surface area contributed by atoms with Crippen LogP contribution < -0.4 is 17.2 Å². The number of ketones is 4. The second kappa shape index (κ2) is 47.0. The molecule has 6 saturated carbocycles. The number of rotatable bonds is 38. The number of sulfonamides is 2. The molecule has 0 aromatic carbocycles. The van der Waals surface area contributed by atoms with Crippen LogP contribution in [0.25, 0.3) is 21.4 Å². The van der Waals surface area contributed by atoms with Gasteiger partial charge in [-0.1, -0.05) is 72.7 Å². The minimum absolute atomic E-state index is 0. The Labute approximate surface area is 774 Å². The number of aliphatic hydroxyl groups excluding tert-OH is 1. The number of hydrogen-bond donors (Lipinski definition) is 3. The van der Waals surface area contributed by atoms with Crippen molar-refractivity contribution in [3.8, 4) is 27.4 Å². The SMILES string of the molecule is C.C=CC1C[C@]1(CC(=O)[C@@H]1C[C@@H](O)CN1C(=O)[C@@H](CC(=O)CC1CC1)C(C)(C)C)C(=O)NS(=O)(=O)C1CC1.C=CC1C[C@]1(CC(=O)[C@@H]1C[C@@H](Oc2nccc(-c3nccs3)n2)CN1C(=O)[C@@H](CC(=O)CC1CC1)C(C)(C)C)C(=O)NS(=O)(=O)C1CC1.CCC[CH2][Sn]([CH2]CCC)([CH2]CCC)[c]1nccs1.Clc1ccnc(Cl)n1.Clc1nccc(-c2nccs2)n1.[2H]CF. The smallest absolute Gasteiger partial charge is 0.223 e. The standard InChI is InChI=1S/C34H43N5O7S2.C27H40N2O7S.C7H4ClN3S.C4H2Cl2N2.3C4H9.C3H2NS.CH3F.CH4.Sn/c1-5-21-17-34(21,31(43)38-48(44,45)24-8-9-24)18-28(41)27-16-23(46-32-36-11-10-26(37-32)29-35-12-13-47-29)19-39(27)30(42)25(33(2,3)4)15-22(40)14-20-6-7-20;1-5-17-13-27(17,25(34)28-37(35,36)20-8-9-20)14-23(32)22-12-19(31)15-29(22)24(33)21(26(2,3)4)11-18(30)10-16-6-7-16;8-7-10-2-1-5(11-7)6-9-3-4-12-6;5-3-1-2-7-4(6)8-3;3*1-3-4-2;1-2-5-3-4-1;1-2;;/h5,10-13,20-21,23-25,27H,1,6-9,14-19H2,2-4H3,(H,38,43);5,16-17,19-22,31H,1,6-15H2,2-4H3,(H,28,34);1-4H;1-2H;3*1,3-4H2,2H3;1-2H;1H3;1H4;/t21?,23-,25-,27+,34-;17?,19-,21-,22+,27-;;;;;;;;;/m11........./s1/i;;;;;;;;1D;;. The summed E-state index contributed by atoms with van der Waals surface area (Å²) < 4.78 is 82.3. The number of halogens is 4. The normalized spacial score (nSPS) is 22.3. The average molecular weight is 2010 g/mol. The van der Waals surface area contributed by atoms with Gasteiger partial charge in [-0.25, -0.2) is 51.7 Å². The van der Waals surface area contributed by atoms with Gasteiger partial charge in [0.1, 0.15) is 44.2 Å². The molecule has 2 unspecified atom stereocenters. The topological polar surface area (TPSA) is 381 Å². The number of thiazole rings is 3. The number of nitrogens with one attached hydrogen (secondary N) is 2. The van der Waals surface area contributed by atoms with Crippen molar-refractivity contribution in [1.82, 2.24) is 64.1 Å². The first-order valence-corrected chi connectivity index (χ1v) is 57.5. The number of Topliss-reactive ketones (excluding diaryl/α,β-unsaturated/α-hetero) is 4. The molecule has 0 bridgehead atoms. The van der Waals surface area contributed by atoms with E-state index in [2.05, 4.69) is 88.6 Å². The number of hydrogen-bond acceptors (Lipinski definition) is 26. The summed E-state index contributed by atoms with van der Waals surface area (Å²) in [6.07, 6.45) is 27.5. The van der Waals surface area contributed by atoms with Crippen LogP contribution in [0, 0.1) is 57.2 Å². The van der Waals surface area contributed by atoms with Crippen LogP contribution in [-0.4, -0.2) is 197 Å². The van der Waals surface area contributed by atoms with E-state index in [1.54, 1.807) is 71.5 Å². The predicted octanol–water partition coefficient (Wildman–Crippen LogP) is 16.7. The van der Waals surface area contributed by atoms with Gasteiger partial charge in [0.25, 0.3) is 0 Å². The van der Waals surface area contributed by atoms with Gasteiger partial charge in [-0.05, 0) is 140 Å². The van der Waals surface area contributed by atoms with Crippen LogP contribution in [-0.2, 0) is 58.4 Å². The summed E-state index contributed by atoms with van der Waals surface area (Å²) in [6.45, 7) is 26.0. The third-order valence-corrected chi connectivity index (χ3v) is 48.8. The molecule has 8 fully saturated rings. The summed E-state index contributed by atoms with van der Waals surface area (Å²) in [7, 11) is -8.60. The Bertz CT molecular complexity index is 4890. The van der Waals surface area contributed by atoms with Crippen LogP contribution in [0.2, 0.25) is 29.0 Å². The average Bonchev–Trinajstić information content (AvgIpc) is 1.56. The van der Waals surface area contributed by atoms with Gasteiger partial charge < -0.3 is 19.6 Å². The fraction of sp³-hybridized carbons (Fsp3) is 0.629. The quantitative estimate of drug-likeness (QED) is 0.0140. The fourth-order valence-corrected chi connectivity index (χ4v) is 39.8. The molecule has 10 atom stereocenters. The Morgan fingerprint density at radius 1 is 0.603 bits per heavy atom. The number of likely N-dealkylation sites (tertiary alicyclic amines) is 2. The second-order valence-electron chi connectivity index (χ2n) is 36.2. The monoisotopic (exact) mass is 2000 g/mol. The fourth-order valence-electron chi connectivity index (χ4n) is 16.1. The van der Waals surface area contributed by atoms with Crippen LogP contribution in [0.3, 0.4) is 0 Å². The Hall–Kier alpha value is -6.57. The Balaban J connectivity index is 0.000000220. The predicted molar refractivity (Wildman–Crippen MR) is 495 cm³/mol. The van der Waals surface area contributed by atoms with Crippen molar-refractivity contribution >= 4 is 157 Å². The molecule has 4 amide bonds. The van der Waals surface area contributed by atoms with E-state index >= 15 is 0 Å². The molecule has 2 saturated heterocycles. The van der Waals surface area contributed by atoms with Crippen LogP contribution in [0.4, 0.5) is 4.39 Å². The van der Waals surface area contributed by atoms with Gasteiger partial charge in [0, 0.05) is 111 Å². The van der Waals surface area contributed by atoms with Gasteiger partial charge in [-0.3, -0.25) is 52.2 Å². The zero-order chi connectivity index (χ0) is 92.1. The molecule has 6 aromatic rings. The maximum atomic E-state index is 14.4. The van der Waals surface area contributed by atoms with Crippen molar-refractivity contribution in [2.45, 2.75) is 272 Å². The first-order chi connectivity index (χ1) is 59.7. The van der Waals surface area contributed by atoms with Gasteiger partial charge in [0.2, 0.25) is 54.2 Å². The molecule has 6 aliphatic carbocycles. The number of carbonyl (C=O) groups excluding carboxylic acids is 8. The first-order valence-electron chi connectivity index (χ1n) is 43.9. The first kappa shape index (κ1) is 103. The van der Waals surface area contributed by atoms with Crippen molar-refractivity contribution in [2.24, 2.45) is 57.2 Å². The van der Waals surface area contributed by atoms with Crippen LogP contribution >= 0.6 is 68.8 Å². The van der Waals surface area contributed by atoms with Crippen LogP contribution in [0.15, 0.2) is 96.8 Å². The number of aliphatic hydroxyl groups is 1. The van der Waals surface area contributed by atoms with E-state index in [4.69, 9.17) is 45.9 Å². The Morgan fingerprint density at radius 3 is 1.38 bits per heavy atom. The largest absolute Gasteiger partial charge is 0.255 e. The molecule has 8 aliphatic rings. The number of nitrogens with zero attached hydrogens (tertiary/aromatic N) is 11. The van der Waals surface area contributed by atoms with E-state index in [-0.39, 0.29) is 129 Å². The van der Waals surface area contributed by atoms with E-state index in [0.29, 0.717) is 72.6 Å². The third kappa shape index (κ3) is 29.7. The zero-order valence-electron chi connectivity index (χ0n) is 73.9. The van der Waals surface area contributed by atoms with Crippen molar-refractivity contribution in [3.63, 3.8) is 0 Å². The number of ether oxygens (including phenoxy) is 1. The number of alkyl halides is 1. The molecule has 27 nitrogen and oxygen atoms in total. The van der Waals surface area contributed by atoms with Crippen molar-refractivity contribution in [2.75, 3.05) is 20.2 Å². The van der Waals surface area contributed by atoms with Crippen LogP contribution in [0.5, 0.6) is 6.01 Å². The van der Waals surface area contributed by atoms with Gasteiger partial charge in [-0.15, -0.1) is 35.8 Å².